The van der Waals surface area contributed by atoms with E-state index in [9.17, 15) is 9.90 Å². The molecule has 1 heterocycles. The van der Waals surface area contributed by atoms with Crippen LogP contribution in [0.15, 0.2) is 54.6 Å². The van der Waals surface area contributed by atoms with Crippen LogP contribution in [0.25, 0.3) is 0 Å². The summed E-state index contributed by atoms with van der Waals surface area (Å²) < 4.78 is 0. The lowest BCUT2D eigenvalue weighted by molar-refractivity contribution is 0.0665. The van der Waals surface area contributed by atoms with Gasteiger partial charge in [-0.25, -0.2) is 0 Å². The first kappa shape index (κ1) is 15.7. The van der Waals surface area contributed by atoms with Crippen LogP contribution < -0.4 is 5.32 Å². The summed E-state index contributed by atoms with van der Waals surface area (Å²) in [6.07, 6.45) is 0.794. The number of hydrogen-bond donors (Lipinski definition) is 2. The van der Waals surface area contributed by atoms with E-state index in [4.69, 9.17) is 0 Å². The fourth-order valence-electron chi connectivity index (χ4n) is 3.18. The first-order valence-corrected chi connectivity index (χ1v) is 8.00. The Labute approximate surface area is 136 Å². The molecule has 3 rings (SSSR count). The maximum absolute atomic E-state index is 12.8. The van der Waals surface area contributed by atoms with Crippen LogP contribution in [0.5, 0.6) is 0 Å². The number of nitrogens with zero attached hydrogens (tertiary/aromatic N) is 1. The predicted molar refractivity (Wildman–Crippen MR) is 89.8 cm³/mol. The molecule has 23 heavy (non-hydrogen) atoms. The van der Waals surface area contributed by atoms with Gasteiger partial charge in [0, 0.05) is 12.1 Å². The summed E-state index contributed by atoms with van der Waals surface area (Å²) in [7, 11) is 1.74. The van der Waals surface area contributed by atoms with Crippen LogP contribution in [0.2, 0.25) is 0 Å². The molecule has 0 saturated heterocycles. The van der Waals surface area contributed by atoms with E-state index >= 15 is 0 Å². The summed E-state index contributed by atoms with van der Waals surface area (Å²) in [5.74, 6) is 0.0772. The number of hydrogen-bond acceptors (Lipinski definition) is 3. The lowest BCUT2D eigenvalue weighted by Gasteiger charge is -2.26. The maximum atomic E-state index is 12.8. The van der Waals surface area contributed by atoms with Gasteiger partial charge >= 0.3 is 0 Å². The summed E-state index contributed by atoms with van der Waals surface area (Å²) in [5.41, 5.74) is 2.97. The molecular formula is C19H22N2O2. The van der Waals surface area contributed by atoms with Crippen LogP contribution >= 0.6 is 0 Å². The highest BCUT2D eigenvalue weighted by Crippen LogP contribution is 2.37. The molecule has 0 bridgehead atoms. The largest absolute Gasteiger partial charge is 0.379 e. The van der Waals surface area contributed by atoms with E-state index in [1.807, 2.05) is 59.5 Å². The summed E-state index contributed by atoms with van der Waals surface area (Å²) in [6, 6.07) is 17.8. The fourth-order valence-corrected chi connectivity index (χ4v) is 3.18. The van der Waals surface area contributed by atoms with E-state index in [2.05, 4.69) is 5.32 Å². The second-order valence-corrected chi connectivity index (χ2v) is 5.90. The fraction of sp³-hybridized carbons (Fsp3) is 0.316. The third-order valence-electron chi connectivity index (χ3n) is 4.43. The molecule has 0 spiro atoms. The Morgan fingerprint density at radius 3 is 2.57 bits per heavy atom. The van der Waals surface area contributed by atoms with Gasteiger partial charge in [-0.15, -0.1) is 0 Å². The smallest absolute Gasteiger partial charge is 0.255 e. The molecule has 1 aliphatic heterocycles. The number of amides is 1. The first-order chi connectivity index (χ1) is 11.2. The van der Waals surface area contributed by atoms with Crippen molar-refractivity contribution in [1.82, 2.24) is 10.2 Å². The number of carbonyl (C=O) groups is 1. The van der Waals surface area contributed by atoms with Crippen LogP contribution in [-0.2, 0) is 6.54 Å². The first-order valence-electron chi connectivity index (χ1n) is 8.00. The Bertz CT molecular complexity index is 672. The minimum absolute atomic E-state index is 0.0157. The van der Waals surface area contributed by atoms with Crippen molar-refractivity contribution in [2.45, 2.75) is 31.7 Å². The average Bonchev–Trinajstić information content (AvgIpc) is 2.86. The molecule has 2 unspecified atom stereocenters. The molecule has 120 valence electrons. The van der Waals surface area contributed by atoms with E-state index in [0.29, 0.717) is 13.0 Å². The number of aliphatic hydroxyl groups is 1. The van der Waals surface area contributed by atoms with E-state index in [1.165, 1.54) is 0 Å². The normalized spacial score (nSPS) is 18.1. The molecule has 2 aromatic rings. The zero-order valence-corrected chi connectivity index (χ0v) is 13.3. The molecular weight excluding hydrogens is 288 g/mol. The minimum Gasteiger partial charge on any atom is -0.379 e. The molecule has 2 atom stereocenters. The second-order valence-electron chi connectivity index (χ2n) is 5.90. The number of carbonyl (C=O) groups excluding carboxylic acids is 1. The van der Waals surface area contributed by atoms with Crippen molar-refractivity contribution in [2.75, 3.05) is 7.05 Å². The van der Waals surface area contributed by atoms with Gasteiger partial charge in [0.2, 0.25) is 0 Å². The molecule has 0 saturated carbocycles. The summed E-state index contributed by atoms with van der Waals surface area (Å²) in [4.78, 5) is 14.7. The summed E-state index contributed by atoms with van der Waals surface area (Å²) in [5, 5.41) is 12.6. The number of benzene rings is 2. The number of aliphatic hydroxyl groups excluding tert-OH is 1. The molecule has 0 aliphatic carbocycles. The number of nitrogens with one attached hydrogen (secondary N) is 1. The maximum Gasteiger partial charge on any atom is 0.255 e. The van der Waals surface area contributed by atoms with Gasteiger partial charge in [-0.1, -0.05) is 48.5 Å². The Morgan fingerprint density at radius 1 is 1.13 bits per heavy atom. The molecule has 2 aromatic carbocycles. The van der Waals surface area contributed by atoms with Crippen molar-refractivity contribution in [3.05, 3.63) is 71.3 Å². The zero-order chi connectivity index (χ0) is 16.2. The SMILES string of the molecule is CNC(O)CCC1c2ccccc2C(=O)N1Cc1ccccc1. The van der Waals surface area contributed by atoms with Crippen LogP contribution in [0.3, 0.4) is 0 Å². The van der Waals surface area contributed by atoms with Crippen molar-refractivity contribution in [1.29, 1.82) is 0 Å². The van der Waals surface area contributed by atoms with E-state index in [0.717, 1.165) is 23.1 Å². The second kappa shape index (κ2) is 6.94. The minimum atomic E-state index is -0.545. The monoisotopic (exact) mass is 310 g/mol. The Hall–Kier alpha value is -2.17. The van der Waals surface area contributed by atoms with E-state index < -0.39 is 6.23 Å². The lowest BCUT2D eigenvalue weighted by atomic mass is 10.00. The topological polar surface area (TPSA) is 52.6 Å². The van der Waals surface area contributed by atoms with Gasteiger partial charge in [0.1, 0.15) is 6.23 Å². The van der Waals surface area contributed by atoms with Crippen molar-refractivity contribution in [2.24, 2.45) is 0 Å². The average molecular weight is 310 g/mol. The highest BCUT2D eigenvalue weighted by atomic mass is 16.3. The van der Waals surface area contributed by atoms with E-state index in [-0.39, 0.29) is 11.9 Å². The third-order valence-corrected chi connectivity index (χ3v) is 4.43. The number of fused-ring (bicyclic) bond motifs is 1. The highest BCUT2D eigenvalue weighted by Gasteiger charge is 2.36. The molecule has 2 N–H and O–H groups in total. The van der Waals surface area contributed by atoms with Crippen molar-refractivity contribution >= 4 is 5.91 Å². The van der Waals surface area contributed by atoms with Crippen molar-refractivity contribution in [3.8, 4) is 0 Å². The van der Waals surface area contributed by atoms with Crippen LogP contribution in [0.4, 0.5) is 0 Å². The van der Waals surface area contributed by atoms with Crippen LogP contribution in [-0.4, -0.2) is 29.2 Å². The molecule has 1 aliphatic rings. The van der Waals surface area contributed by atoms with Gasteiger partial charge in [-0.05, 0) is 37.1 Å². The van der Waals surface area contributed by atoms with Gasteiger partial charge in [-0.2, -0.15) is 0 Å². The quantitative estimate of drug-likeness (QED) is 0.807. The van der Waals surface area contributed by atoms with Crippen LogP contribution in [0, 0.1) is 0 Å². The summed E-state index contributed by atoms with van der Waals surface area (Å²) in [6.45, 7) is 0.592. The summed E-state index contributed by atoms with van der Waals surface area (Å²) >= 11 is 0. The van der Waals surface area contributed by atoms with Crippen molar-refractivity contribution < 1.29 is 9.90 Å². The molecule has 0 radical (unpaired) electrons. The number of rotatable bonds is 6. The van der Waals surface area contributed by atoms with Crippen molar-refractivity contribution in [3.63, 3.8) is 0 Å². The van der Waals surface area contributed by atoms with Gasteiger partial charge in [-0.3, -0.25) is 10.1 Å². The van der Waals surface area contributed by atoms with Gasteiger partial charge in [0.25, 0.3) is 5.91 Å². The lowest BCUT2D eigenvalue weighted by Crippen LogP contribution is -2.30. The Balaban J connectivity index is 1.85. The molecule has 4 nitrogen and oxygen atoms in total. The third kappa shape index (κ3) is 3.28. The molecule has 0 aromatic heterocycles. The molecule has 4 heteroatoms. The zero-order valence-electron chi connectivity index (χ0n) is 13.3. The molecule has 0 fully saturated rings. The Morgan fingerprint density at radius 2 is 1.83 bits per heavy atom. The van der Waals surface area contributed by atoms with E-state index in [1.54, 1.807) is 7.05 Å². The highest BCUT2D eigenvalue weighted by molar-refractivity contribution is 5.99. The Kier molecular flexibility index (Phi) is 4.74. The predicted octanol–water partition coefficient (Wildman–Crippen LogP) is 2.70. The molecule has 1 amide bonds. The van der Waals surface area contributed by atoms with Crippen LogP contribution in [0.1, 0.15) is 40.4 Å². The van der Waals surface area contributed by atoms with Gasteiger partial charge in [0.15, 0.2) is 0 Å². The van der Waals surface area contributed by atoms with Gasteiger partial charge < -0.3 is 10.0 Å². The van der Waals surface area contributed by atoms with Gasteiger partial charge in [0.05, 0.1) is 6.04 Å². The standard InChI is InChI=1S/C19H22N2O2/c1-20-18(22)12-11-17-15-9-5-6-10-16(15)19(23)21(17)13-14-7-3-2-4-8-14/h2-10,17-18,20,22H,11-13H2,1H3.